The minimum atomic E-state index is -0.111. The summed E-state index contributed by atoms with van der Waals surface area (Å²) in [6.45, 7) is 0. The van der Waals surface area contributed by atoms with Gasteiger partial charge in [0.1, 0.15) is 11.9 Å². The molecular weight excluding hydrogens is 246 g/mol. The SMILES string of the molecule is COC(c1noc(-c2ccc(N)c(O)c2)n1)C1CC1. The molecular formula is C13H15N3O3. The Morgan fingerprint density at radius 1 is 1.47 bits per heavy atom. The highest BCUT2D eigenvalue weighted by Gasteiger charge is 2.35. The summed E-state index contributed by atoms with van der Waals surface area (Å²) in [6, 6.07) is 4.83. The molecule has 1 atom stereocenters. The molecule has 0 spiro atoms. The third kappa shape index (κ3) is 2.26. The predicted molar refractivity (Wildman–Crippen MR) is 68.3 cm³/mol. The van der Waals surface area contributed by atoms with Gasteiger partial charge in [-0.3, -0.25) is 0 Å². The Kier molecular flexibility index (Phi) is 2.87. The number of rotatable bonds is 4. The number of benzene rings is 1. The van der Waals surface area contributed by atoms with Gasteiger partial charge >= 0.3 is 0 Å². The third-order valence-corrected chi connectivity index (χ3v) is 3.28. The number of nitrogens with zero attached hydrogens (tertiary/aromatic N) is 2. The number of phenolic OH excluding ortho intramolecular Hbond substituents is 1. The molecule has 3 N–H and O–H groups in total. The van der Waals surface area contributed by atoms with Crippen molar-refractivity contribution in [3.8, 4) is 17.2 Å². The van der Waals surface area contributed by atoms with Crippen LogP contribution in [0.15, 0.2) is 22.7 Å². The fourth-order valence-electron chi connectivity index (χ4n) is 2.05. The zero-order valence-electron chi connectivity index (χ0n) is 10.5. The summed E-state index contributed by atoms with van der Waals surface area (Å²) < 4.78 is 10.6. The van der Waals surface area contributed by atoms with Gasteiger partial charge in [-0.2, -0.15) is 4.98 Å². The highest BCUT2D eigenvalue weighted by atomic mass is 16.5. The number of methoxy groups -OCH3 is 1. The summed E-state index contributed by atoms with van der Waals surface area (Å²) in [5.74, 6) is 1.39. The van der Waals surface area contributed by atoms with Gasteiger partial charge in [-0.1, -0.05) is 5.16 Å². The van der Waals surface area contributed by atoms with E-state index in [4.69, 9.17) is 15.0 Å². The molecule has 6 nitrogen and oxygen atoms in total. The van der Waals surface area contributed by atoms with Crippen LogP contribution in [0.2, 0.25) is 0 Å². The smallest absolute Gasteiger partial charge is 0.258 e. The van der Waals surface area contributed by atoms with Crippen molar-refractivity contribution in [1.29, 1.82) is 0 Å². The molecule has 1 aromatic carbocycles. The zero-order valence-corrected chi connectivity index (χ0v) is 10.5. The van der Waals surface area contributed by atoms with Crippen LogP contribution in [0, 0.1) is 5.92 Å². The van der Waals surface area contributed by atoms with E-state index in [9.17, 15) is 5.11 Å². The van der Waals surface area contributed by atoms with Crippen molar-refractivity contribution in [1.82, 2.24) is 10.1 Å². The van der Waals surface area contributed by atoms with E-state index in [1.165, 1.54) is 6.07 Å². The molecule has 0 amide bonds. The van der Waals surface area contributed by atoms with Crippen LogP contribution >= 0.6 is 0 Å². The fraction of sp³-hybridized carbons (Fsp3) is 0.385. The number of anilines is 1. The molecule has 1 aromatic heterocycles. The van der Waals surface area contributed by atoms with Crippen molar-refractivity contribution in [2.75, 3.05) is 12.8 Å². The Labute approximate surface area is 110 Å². The molecule has 0 saturated heterocycles. The number of nitrogens with two attached hydrogens (primary N) is 1. The van der Waals surface area contributed by atoms with E-state index in [2.05, 4.69) is 10.1 Å². The van der Waals surface area contributed by atoms with Gasteiger partial charge in [0.15, 0.2) is 0 Å². The average molecular weight is 261 g/mol. The molecule has 0 aliphatic heterocycles. The van der Waals surface area contributed by atoms with Crippen LogP contribution in [-0.4, -0.2) is 22.4 Å². The molecule has 1 unspecified atom stereocenters. The monoisotopic (exact) mass is 261 g/mol. The summed E-state index contributed by atoms with van der Waals surface area (Å²) in [5.41, 5.74) is 6.50. The lowest BCUT2D eigenvalue weighted by molar-refractivity contribution is 0.0751. The zero-order chi connectivity index (χ0) is 13.4. The van der Waals surface area contributed by atoms with Crippen molar-refractivity contribution in [3.05, 3.63) is 24.0 Å². The number of nitrogen functional groups attached to an aromatic ring is 1. The molecule has 19 heavy (non-hydrogen) atoms. The summed E-state index contributed by atoms with van der Waals surface area (Å²) >= 11 is 0. The minimum absolute atomic E-state index is 0.00253. The molecule has 1 aliphatic carbocycles. The van der Waals surface area contributed by atoms with Gasteiger partial charge in [0.2, 0.25) is 5.82 Å². The summed E-state index contributed by atoms with van der Waals surface area (Å²) in [5, 5.41) is 13.5. The number of phenols is 1. The lowest BCUT2D eigenvalue weighted by Crippen LogP contribution is -2.05. The predicted octanol–water partition coefficient (Wildman–Crippen LogP) is 2.12. The number of aromatic nitrogens is 2. The first-order valence-corrected chi connectivity index (χ1v) is 6.14. The summed E-state index contributed by atoms with van der Waals surface area (Å²) in [6.07, 6.45) is 2.15. The Balaban J connectivity index is 1.89. The van der Waals surface area contributed by atoms with Gasteiger partial charge in [0, 0.05) is 12.7 Å². The Bertz CT molecular complexity index is 593. The van der Waals surface area contributed by atoms with E-state index >= 15 is 0 Å². The van der Waals surface area contributed by atoms with Crippen LogP contribution in [0.5, 0.6) is 5.75 Å². The van der Waals surface area contributed by atoms with E-state index in [-0.39, 0.29) is 11.9 Å². The van der Waals surface area contributed by atoms with Crippen LogP contribution in [0.3, 0.4) is 0 Å². The Morgan fingerprint density at radius 2 is 2.26 bits per heavy atom. The number of hydrogen-bond donors (Lipinski definition) is 2. The first kappa shape index (κ1) is 12.0. The maximum absolute atomic E-state index is 9.58. The van der Waals surface area contributed by atoms with Gasteiger partial charge in [-0.05, 0) is 37.0 Å². The van der Waals surface area contributed by atoms with Crippen LogP contribution in [0.1, 0.15) is 24.8 Å². The topological polar surface area (TPSA) is 94.4 Å². The molecule has 1 saturated carbocycles. The molecule has 1 fully saturated rings. The highest BCUT2D eigenvalue weighted by molar-refractivity contribution is 5.63. The first-order valence-electron chi connectivity index (χ1n) is 6.14. The van der Waals surface area contributed by atoms with Gasteiger partial charge in [0.25, 0.3) is 5.89 Å². The van der Waals surface area contributed by atoms with Crippen LogP contribution in [-0.2, 0) is 4.74 Å². The number of hydrogen-bond acceptors (Lipinski definition) is 6. The maximum atomic E-state index is 9.58. The van der Waals surface area contributed by atoms with Crippen molar-refractivity contribution < 1.29 is 14.4 Å². The number of ether oxygens (including phenoxy) is 1. The van der Waals surface area contributed by atoms with Gasteiger partial charge < -0.3 is 20.1 Å². The molecule has 100 valence electrons. The molecule has 0 bridgehead atoms. The summed E-state index contributed by atoms with van der Waals surface area (Å²) in [7, 11) is 1.65. The Morgan fingerprint density at radius 3 is 2.89 bits per heavy atom. The van der Waals surface area contributed by atoms with Crippen LogP contribution in [0.4, 0.5) is 5.69 Å². The van der Waals surface area contributed by atoms with Crippen LogP contribution < -0.4 is 5.73 Å². The normalized spacial score (nSPS) is 16.5. The van der Waals surface area contributed by atoms with Crippen molar-refractivity contribution in [3.63, 3.8) is 0 Å². The molecule has 6 heteroatoms. The second-order valence-corrected chi connectivity index (χ2v) is 4.73. The standard InChI is InChI=1S/C13H15N3O3/c1-18-11(7-2-3-7)12-15-13(19-16-12)8-4-5-9(14)10(17)6-8/h4-7,11,17H,2-3,14H2,1H3. The van der Waals surface area contributed by atoms with Gasteiger partial charge in [0.05, 0.1) is 5.69 Å². The van der Waals surface area contributed by atoms with Crippen LogP contribution in [0.25, 0.3) is 11.5 Å². The van der Waals surface area contributed by atoms with E-state index in [0.29, 0.717) is 28.9 Å². The lowest BCUT2D eigenvalue weighted by Gasteiger charge is -2.08. The van der Waals surface area contributed by atoms with E-state index in [1.54, 1.807) is 19.2 Å². The molecule has 0 radical (unpaired) electrons. The van der Waals surface area contributed by atoms with E-state index in [0.717, 1.165) is 12.8 Å². The van der Waals surface area contributed by atoms with Gasteiger partial charge in [-0.15, -0.1) is 0 Å². The Hall–Kier alpha value is -2.08. The molecule has 1 heterocycles. The molecule has 3 rings (SSSR count). The summed E-state index contributed by atoms with van der Waals surface area (Å²) in [4.78, 5) is 4.33. The lowest BCUT2D eigenvalue weighted by atomic mass is 10.2. The minimum Gasteiger partial charge on any atom is -0.506 e. The molecule has 1 aliphatic rings. The van der Waals surface area contributed by atoms with Crippen molar-refractivity contribution in [2.45, 2.75) is 18.9 Å². The van der Waals surface area contributed by atoms with E-state index < -0.39 is 0 Å². The van der Waals surface area contributed by atoms with Gasteiger partial charge in [-0.25, -0.2) is 0 Å². The quantitative estimate of drug-likeness (QED) is 0.646. The molecule has 2 aromatic rings. The third-order valence-electron chi connectivity index (χ3n) is 3.28. The van der Waals surface area contributed by atoms with Crippen molar-refractivity contribution >= 4 is 5.69 Å². The second kappa shape index (κ2) is 4.55. The largest absolute Gasteiger partial charge is 0.506 e. The highest BCUT2D eigenvalue weighted by Crippen LogP contribution is 2.42. The first-order chi connectivity index (χ1) is 9.19. The second-order valence-electron chi connectivity index (χ2n) is 4.73. The fourth-order valence-corrected chi connectivity index (χ4v) is 2.05. The van der Waals surface area contributed by atoms with E-state index in [1.807, 2.05) is 0 Å². The van der Waals surface area contributed by atoms with Crippen molar-refractivity contribution in [2.24, 2.45) is 5.92 Å². The number of aromatic hydroxyl groups is 1. The average Bonchev–Trinajstić information content (AvgIpc) is 3.11. The maximum Gasteiger partial charge on any atom is 0.258 e.